The smallest absolute Gasteiger partial charge is 0.0113 e. The van der Waals surface area contributed by atoms with E-state index in [2.05, 4.69) is 47.0 Å². The summed E-state index contributed by atoms with van der Waals surface area (Å²) >= 11 is 0. The van der Waals surface area contributed by atoms with Gasteiger partial charge in [-0.05, 0) is 31.2 Å². The lowest BCUT2D eigenvalue weighted by molar-refractivity contribution is 0.251. The molecule has 0 spiro atoms. The summed E-state index contributed by atoms with van der Waals surface area (Å²) in [6, 6.07) is 0.654. The first-order chi connectivity index (χ1) is 6.41. The van der Waals surface area contributed by atoms with Crippen molar-refractivity contribution in [1.82, 2.24) is 5.32 Å². The van der Waals surface area contributed by atoms with Crippen LogP contribution in [0.25, 0.3) is 0 Å². The first-order valence-electron chi connectivity index (χ1n) is 6.09. The van der Waals surface area contributed by atoms with Crippen molar-refractivity contribution in [2.75, 3.05) is 7.05 Å². The molecule has 0 rings (SSSR count). The Morgan fingerprint density at radius 1 is 1.07 bits per heavy atom. The summed E-state index contributed by atoms with van der Waals surface area (Å²) in [6.45, 7) is 11.6. The van der Waals surface area contributed by atoms with Crippen LogP contribution in [0.3, 0.4) is 0 Å². The molecule has 0 bridgehead atoms. The third kappa shape index (κ3) is 5.64. The Hall–Kier alpha value is -0.0400. The van der Waals surface area contributed by atoms with Gasteiger partial charge in [0.2, 0.25) is 0 Å². The fourth-order valence-electron chi connectivity index (χ4n) is 2.10. The highest BCUT2D eigenvalue weighted by Crippen LogP contribution is 2.25. The van der Waals surface area contributed by atoms with Crippen LogP contribution < -0.4 is 5.32 Å². The maximum atomic E-state index is 3.44. The molecule has 2 unspecified atom stereocenters. The van der Waals surface area contributed by atoms with Crippen LogP contribution in [0.1, 0.15) is 60.3 Å². The van der Waals surface area contributed by atoms with Crippen molar-refractivity contribution in [3.63, 3.8) is 0 Å². The van der Waals surface area contributed by atoms with Gasteiger partial charge in [0.15, 0.2) is 0 Å². The highest BCUT2D eigenvalue weighted by atomic mass is 14.9. The van der Waals surface area contributed by atoms with Crippen molar-refractivity contribution in [2.45, 2.75) is 66.3 Å². The fraction of sp³-hybridized carbons (Fsp3) is 1.00. The Labute approximate surface area is 90.7 Å². The number of hydrogen-bond acceptors (Lipinski definition) is 1. The van der Waals surface area contributed by atoms with E-state index in [0.717, 1.165) is 5.92 Å². The van der Waals surface area contributed by atoms with E-state index in [-0.39, 0.29) is 0 Å². The van der Waals surface area contributed by atoms with Crippen LogP contribution in [0.15, 0.2) is 0 Å². The van der Waals surface area contributed by atoms with E-state index >= 15 is 0 Å². The molecule has 14 heavy (non-hydrogen) atoms. The summed E-state index contributed by atoms with van der Waals surface area (Å²) in [6.07, 6.45) is 5.36. The van der Waals surface area contributed by atoms with Crippen molar-refractivity contribution in [2.24, 2.45) is 11.3 Å². The van der Waals surface area contributed by atoms with Crippen LogP contribution >= 0.6 is 0 Å². The van der Waals surface area contributed by atoms with Gasteiger partial charge in [-0.2, -0.15) is 0 Å². The largest absolute Gasteiger partial charge is 0.316 e. The molecule has 0 aromatic carbocycles. The minimum absolute atomic E-state index is 0.390. The Kier molecular flexibility index (Phi) is 6.43. The van der Waals surface area contributed by atoms with Gasteiger partial charge >= 0.3 is 0 Å². The molecule has 0 aliphatic heterocycles. The molecule has 2 atom stereocenters. The monoisotopic (exact) mass is 199 g/mol. The Morgan fingerprint density at radius 2 is 1.64 bits per heavy atom. The second kappa shape index (κ2) is 6.44. The maximum absolute atomic E-state index is 3.44. The van der Waals surface area contributed by atoms with Crippen molar-refractivity contribution < 1.29 is 0 Å². The minimum Gasteiger partial charge on any atom is -0.316 e. The van der Waals surface area contributed by atoms with E-state index in [1.807, 2.05) is 0 Å². The van der Waals surface area contributed by atoms with Crippen molar-refractivity contribution in [1.29, 1.82) is 0 Å². The van der Waals surface area contributed by atoms with Crippen molar-refractivity contribution in [3.05, 3.63) is 0 Å². The zero-order valence-electron chi connectivity index (χ0n) is 11.0. The summed E-state index contributed by atoms with van der Waals surface area (Å²) in [7, 11) is 2.08. The van der Waals surface area contributed by atoms with Crippen LogP contribution in [0.4, 0.5) is 0 Å². The van der Waals surface area contributed by atoms with Gasteiger partial charge in [-0.3, -0.25) is 0 Å². The highest BCUT2D eigenvalue weighted by Gasteiger charge is 2.22. The molecule has 0 amide bonds. The molecule has 0 aromatic heterocycles. The second-order valence-corrected chi connectivity index (χ2v) is 5.68. The Balaban J connectivity index is 3.84. The third-order valence-electron chi connectivity index (χ3n) is 3.12. The highest BCUT2D eigenvalue weighted by molar-refractivity contribution is 4.79. The van der Waals surface area contributed by atoms with E-state index in [0.29, 0.717) is 11.5 Å². The predicted octanol–water partition coefficient (Wildman–Crippen LogP) is 3.84. The number of hydrogen-bond donors (Lipinski definition) is 1. The lowest BCUT2D eigenvalue weighted by Gasteiger charge is -2.31. The average molecular weight is 199 g/mol. The summed E-state index contributed by atoms with van der Waals surface area (Å²) in [5.41, 5.74) is 0.390. The predicted molar refractivity (Wildman–Crippen MR) is 65.6 cm³/mol. The summed E-state index contributed by atoms with van der Waals surface area (Å²) in [5, 5.41) is 3.44. The summed E-state index contributed by atoms with van der Waals surface area (Å²) < 4.78 is 0. The van der Waals surface area contributed by atoms with E-state index in [9.17, 15) is 0 Å². The van der Waals surface area contributed by atoms with Gasteiger partial charge in [0.05, 0.1) is 0 Å². The molecule has 0 radical (unpaired) electrons. The molecular weight excluding hydrogens is 170 g/mol. The van der Waals surface area contributed by atoms with E-state index < -0.39 is 0 Å². The van der Waals surface area contributed by atoms with Gasteiger partial charge in [0, 0.05) is 6.04 Å². The standard InChI is InChI=1S/C13H29N/c1-7-8-11(2)9-10-12(14-6)13(3,4)5/h11-12,14H,7-10H2,1-6H3. The zero-order chi connectivity index (χ0) is 11.2. The van der Waals surface area contributed by atoms with Gasteiger partial charge in [-0.15, -0.1) is 0 Å². The van der Waals surface area contributed by atoms with Gasteiger partial charge in [0.25, 0.3) is 0 Å². The normalized spacial score (nSPS) is 16.7. The lowest BCUT2D eigenvalue weighted by Crippen LogP contribution is -2.38. The molecule has 0 heterocycles. The van der Waals surface area contributed by atoms with Gasteiger partial charge in [-0.1, -0.05) is 47.5 Å². The van der Waals surface area contributed by atoms with E-state index in [1.54, 1.807) is 0 Å². The van der Waals surface area contributed by atoms with Crippen molar-refractivity contribution >= 4 is 0 Å². The quantitative estimate of drug-likeness (QED) is 0.685. The Bertz CT molecular complexity index is 135. The molecule has 0 saturated carbocycles. The van der Waals surface area contributed by atoms with Gasteiger partial charge in [-0.25, -0.2) is 0 Å². The van der Waals surface area contributed by atoms with Crippen LogP contribution in [-0.2, 0) is 0 Å². The van der Waals surface area contributed by atoms with Gasteiger partial charge in [0.1, 0.15) is 0 Å². The molecule has 0 aliphatic rings. The van der Waals surface area contributed by atoms with E-state index in [4.69, 9.17) is 0 Å². The molecule has 0 aliphatic carbocycles. The average Bonchev–Trinajstić information content (AvgIpc) is 2.03. The molecule has 0 saturated heterocycles. The molecule has 1 N–H and O–H groups in total. The summed E-state index contributed by atoms with van der Waals surface area (Å²) in [5.74, 6) is 0.887. The topological polar surface area (TPSA) is 12.0 Å². The van der Waals surface area contributed by atoms with Crippen LogP contribution in [0.5, 0.6) is 0 Å². The molecule has 1 nitrogen and oxygen atoms in total. The molecule has 86 valence electrons. The first kappa shape index (κ1) is 14.0. The number of rotatable bonds is 6. The molecule has 1 heteroatoms. The van der Waals surface area contributed by atoms with Gasteiger partial charge < -0.3 is 5.32 Å². The Morgan fingerprint density at radius 3 is 2.00 bits per heavy atom. The SMILES string of the molecule is CCCC(C)CCC(NC)C(C)(C)C. The summed E-state index contributed by atoms with van der Waals surface area (Å²) in [4.78, 5) is 0. The number of nitrogens with one attached hydrogen (secondary N) is 1. The molecular formula is C13H29N. The second-order valence-electron chi connectivity index (χ2n) is 5.68. The first-order valence-corrected chi connectivity index (χ1v) is 6.09. The minimum atomic E-state index is 0.390. The maximum Gasteiger partial charge on any atom is 0.0113 e. The van der Waals surface area contributed by atoms with Crippen LogP contribution in [0.2, 0.25) is 0 Å². The zero-order valence-corrected chi connectivity index (χ0v) is 11.0. The fourth-order valence-corrected chi connectivity index (χ4v) is 2.10. The van der Waals surface area contributed by atoms with Crippen LogP contribution in [-0.4, -0.2) is 13.1 Å². The lowest BCUT2D eigenvalue weighted by atomic mass is 9.82. The van der Waals surface area contributed by atoms with E-state index in [1.165, 1.54) is 25.7 Å². The van der Waals surface area contributed by atoms with Crippen LogP contribution in [0, 0.1) is 11.3 Å². The molecule has 0 aromatic rings. The third-order valence-corrected chi connectivity index (χ3v) is 3.12. The van der Waals surface area contributed by atoms with Crippen molar-refractivity contribution in [3.8, 4) is 0 Å². The molecule has 0 fully saturated rings.